The van der Waals surface area contributed by atoms with Crippen LogP contribution >= 0.6 is 31.9 Å². The van der Waals surface area contributed by atoms with Crippen molar-refractivity contribution in [3.8, 4) is 11.5 Å². The number of methoxy groups -OCH3 is 2. The van der Waals surface area contributed by atoms with Crippen molar-refractivity contribution in [1.29, 1.82) is 0 Å². The Balaban J connectivity index is 1.84. The third kappa shape index (κ3) is 2.65. The van der Waals surface area contributed by atoms with Gasteiger partial charge >= 0.3 is 0 Å². The van der Waals surface area contributed by atoms with Gasteiger partial charge in [-0.3, -0.25) is 0 Å². The second-order valence-electron chi connectivity index (χ2n) is 10.4. The number of ether oxygens (including phenoxy) is 2. The molecule has 1 spiro atoms. The average Bonchev–Trinajstić information content (AvgIpc) is 3.24. The minimum Gasteiger partial charge on any atom is -0.496 e. The van der Waals surface area contributed by atoms with Crippen LogP contribution in [0, 0.1) is 23.2 Å². The Labute approximate surface area is 197 Å². The third-order valence-electron chi connectivity index (χ3n) is 8.25. The lowest BCUT2D eigenvalue weighted by Gasteiger charge is -2.50. The lowest BCUT2D eigenvalue weighted by atomic mass is 9.53. The van der Waals surface area contributed by atoms with Crippen molar-refractivity contribution in [3.05, 3.63) is 55.5 Å². The second-order valence-corrected chi connectivity index (χ2v) is 12.1. The number of hydrogen-bond donors (Lipinski definition) is 0. The number of fused-ring (bicyclic) bond motifs is 2. The zero-order valence-corrected chi connectivity index (χ0v) is 21.6. The van der Waals surface area contributed by atoms with Crippen LogP contribution in [0.5, 0.6) is 11.5 Å². The fraction of sp³-hybridized carbons (Fsp3) is 0.538. The summed E-state index contributed by atoms with van der Waals surface area (Å²) < 4.78 is 14.4. The number of benzene rings is 2. The van der Waals surface area contributed by atoms with Crippen LogP contribution in [-0.2, 0) is 18.3 Å². The molecule has 0 aromatic heterocycles. The molecule has 0 amide bonds. The first kappa shape index (κ1) is 20.9. The van der Waals surface area contributed by atoms with Gasteiger partial charge in [-0.2, -0.15) is 0 Å². The Bertz CT molecular complexity index is 945. The molecule has 2 aromatic rings. The van der Waals surface area contributed by atoms with Crippen LogP contribution in [-0.4, -0.2) is 14.2 Å². The molecule has 0 aliphatic heterocycles. The van der Waals surface area contributed by atoms with E-state index in [4.69, 9.17) is 9.47 Å². The van der Waals surface area contributed by atoms with Gasteiger partial charge in [-0.15, -0.1) is 0 Å². The third-order valence-corrected chi connectivity index (χ3v) is 9.74. The molecule has 0 N–H and O–H groups in total. The fourth-order valence-electron chi connectivity index (χ4n) is 6.97. The lowest BCUT2D eigenvalue weighted by Crippen LogP contribution is -2.46. The second kappa shape index (κ2) is 7.00. The van der Waals surface area contributed by atoms with Crippen molar-refractivity contribution in [2.24, 2.45) is 23.2 Å². The first-order valence-corrected chi connectivity index (χ1v) is 12.5. The van der Waals surface area contributed by atoms with Crippen LogP contribution in [0.1, 0.15) is 55.9 Å². The van der Waals surface area contributed by atoms with Gasteiger partial charge in [0, 0.05) is 25.5 Å². The van der Waals surface area contributed by atoms with Crippen molar-refractivity contribution in [2.75, 3.05) is 14.2 Å². The lowest BCUT2D eigenvalue weighted by molar-refractivity contribution is 0.0590. The highest BCUT2D eigenvalue weighted by molar-refractivity contribution is 9.10. The molecule has 30 heavy (non-hydrogen) atoms. The summed E-state index contributed by atoms with van der Waals surface area (Å²) in [6.07, 6.45) is 4.70. The molecule has 160 valence electrons. The molecular weight excluding hydrogens is 504 g/mol. The molecule has 5 rings (SSSR count). The molecule has 0 bridgehead atoms. The van der Waals surface area contributed by atoms with E-state index in [1.54, 1.807) is 0 Å². The highest BCUT2D eigenvalue weighted by Gasteiger charge is 2.63. The maximum Gasteiger partial charge on any atom is 0.123 e. The van der Waals surface area contributed by atoms with Crippen molar-refractivity contribution < 1.29 is 9.47 Å². The van der Waals surface area contributed by atoms with Gasteiger partial charge in [0.2, 0.25) is 0 Å². The molecular formula is C26H30Br2O2. The quantitative estimate of drug-likeness (QED) is 0.402. The topological polar surface area (TPSA) is 18.5 Å². The van der Waals surface area contributed by atoms with E-state index < -0.39 is 0 Å². The van der Waals surface area contributed by atoms with E-state index in [0.717, 1.165) is 30.3 Å². The number of halogens is 2. The van der Waals surface area contributed by atoms with E-state index in [-0.39, 0.29) is 5.41 Å². The van der Waals surface area contributed by atoms with Crippen molar-refractivity contribution in [3.63, 3.8) is 0 Å². The molecule has 3 unspecified atom stereocenters. The molecule has 2 nitrogen and oxygen atoms in total. The maximum absolute atomic E-state index is 6.00. The van der Waals surface area contributed by atoms with Crippen LogP contribution in [0.3, 0.4) is 0 Å². The predicted octanol–water partition coefficient (Wildman–Crippen LogP) is 7.32. The predicted molar refractivity (Wildman–Crippen MR) is 129 cm³/mol. The van der Waals surface area contributed by atoms with Crippen molar-refractivity contribution >= 4 is 31.9 Å². The van der Waals surface area contributed by atoms with Gasteiger partial charge in [0.05, 0.1) is 14.2 Å². The summed E-state index contributed by atoms with van der Waals surface area (Å²) in [5.41, 5.74) is 5.99. The smallest absolute Gasteiger partial charge is 0.123 e. The standard InChI is InChI=1S/C26H30Br2O2/c1-25(2,3)14-10-15-12-17-19(27)6-8-21(29-4)23(17)26(15)16(11-14)13-18-20(28)7-9-22(30-5)24(18)26/h6-9,14-16H,10-13H2,1-5H3/t14?,15-,16?,26?/m0/s1. The Morgan fingerprint density at radius 3 is 1.60 bits per heavy atom. The van der Waals surface area contributed by atoms with E-state index in [1.807, 2.05) is 14.2 Å². The van der Waals surface area contributed by atoms with Crippen molar-refractivity contribution in [2.45, 2.75) is 51.9 Å². The summed E-state index contributed by atoms with van der Waals surface area (Å²) in [5, 5.41) is 0. The van der Waals surface area contributed by atoms with Crippen LogP contribution < -0.4 is 9.47 Å². The molecule has 4 atom stereocenters. The van der Waals surface area contributed by atoms with Gasteiger partial charge in [0.15, 0.2) is 0 Å². The van der Waals surface area contributed by atoms with Gasteiger partial charge in [-0.05, 0) is 84.2 Å². The first-order valence-electron chi connectivity index (χ1n) is 10.9. The zero-order valence-electron chi connectivity index (χ0n) is 18.4. The Morgan fingerprint density at radius 1 is 0.800 bits per heavy atom. The van der Waals surface area contributed by atoms with E-state index in [2.05, 4.69) is 76.9 Å². The maximum atomic E-state index is 6.00. The SMILES string of the molecule is COc1ccc(Br)c2c1C13c4c(OC)ccc(Br)c4C[C@@H]1CC(C(C)(C)C)CC3C2. The highest BCUT2D eigenvalue weighted by Crippen LogP contribution is 2.69. The van der Waals surface area contributed by atoms with Crippen molar-refractivity contribution in [1.82, 2.24) is 0 Å². The first-order chi connectivity index (χ1) is 14.2. The summed E-state index contributed by atoms with van der Waals surface area (Å²) in [4.78, 5) is 0. The van der Waals surface area contributed by atoms with Gasteiger partial charge in [0.1, 0.15) is 11.5 Å². The summed E-state index contributed by atoms with van der Waals surface area (Å²) in [6.45, 7) is 7.26. The van der Waals surface area contributed by atoms with E-state index in [1.165, 1.54) is 44.0 Å². The highest BCUT2D eigenvalue weighted by atomic mass is 79.9. The van der Waals surface area contributed by atoms with E-state index >= 15 is 0 Å². The zero-order chi connectivity index (χ0) is 21.4. The molecule has 0 heterocycles. The van der Waals surface area contributed by atoms with Gasteiger partial charge in [-0.1, -0.05) is 52.6 Å². The minimum absolute atomic E-state index is 0.0311. The summed E-state index contributed by atoms with van der Waals surface area (Å²) in [6, 6.07) is 8.62. The molecule has 0 saturated heterocycles. The molecule has 1 fully saturated rings. The van der Waals surface area contributed by atoms with Gasteiger partial charge in [-0.25, -0.2) is 0 Å². The van der Waals surface area contributed by atoms with Crippen LogP contribution in [0.25, 0.3) is 0 Å². The number of hydrogen-bond acceptors (Lipinski definition) is 2. The van der Waals surface area contributed by atoms with E-state index in [0.29, 0.717) is 17.3 Å². The number of rotatable bonds is 2. The van der Waals surface area contributed by atoms with Crippen LogP contribution in [0.2, 0.25) is 0 Å². The molecule has 4 heteroatoms. The molecule has 0 radical (unpaired) electrons. The molecule has 3 aliphatic carbocycles. The average molecular weight is 534 g/mol. The van der Waals surface area contributed by atoms with Gasteiger partial charge < -0.3 is 9.47 Å². The Hall–Kier alpha value is -1.00. The summed E-state index contributed by atoms with van der Waals surface area (Å²) >= 11 is 7.77. The Kier molecular flexibility index (Phi) is 4.87. The summed E-state index contributed by atoms with van der Waals surface area (Å²) in [7, 11) is 3.63. The van der Waals surface area contributed by atoms with Crippen LogP contribution in [0.4, 0.5) is 0 Å². The van der Waals surface area contributed by atoms with Crippen LogP contribution in [0.15, 0.2) is 33.2 Å². The normalized spacial score (nSPS) is 29.1. The molecule has 2 aromatic carbocycles. The fourth-order valence-corrected chi connectivity index (χ4v) is 7.95. The molecule has 1 saturated carbocycles. The summed E-state index contributed by atoms with van der Waals surface area (Å²) in [5.74, 6) is 3.91. The minimum atomic E-state index is -0.0311. The Morgan fingerprint density at radius 2 is 1.23 bits per heavy atom. The largest absolute Gasteiger partial charge is 0.496 e. The van der Waals surface area contributed by atoms with E-state index in [9.17, 15) is 0 Å². The monoisotopic (exact) mass is 532 g/mol. The molecule has 3 aliphatic rings. The van der Waals surface area contributed by atoms with Gasteiger partial charge in [0.25, 0.3) is 0 Å².